The van der Waals surface area contributed by atoms with Crippen LogP contribution in [0, 0.1) is 46.3 Å². The van der Waals surface area contributed by atoms with Gasteiger partial charge in [0.25, 0.3) is 0 Å². The smallest absolute Gasteiger partial charge is 0.338 e. The van der Waals surface area contributed by atoms with E-state index in [1.165, 1.54) is 46.0 Å². The molecule has 3 saturated carbocycles. The number of ketones is 1. The maximum atomic E-state index is 14.2. The van der Waals surface area contributed by atoms with Gasteiger partial charge in [-0.05, 0) is 98.0 Å². The Bertz CT molecular complexity index is 1880. The Morgan fingerprint density at radius 1 is 0.815 bits per heavy atom. The highest BCUT2D eigenvalue weighted by molar-refractivity contribution is 5.91. The fourth-order valence-corrected chi connectivity index (χ4v) is 12.6. The minimum atomic E-state index is -1.69. The van der Waals surface area contributed by atoms with Crippen molar-refractivity contribution in [1.29, 1.82) is 0 Å². The Morgan fingerprint density at radius 3 is 2.11 bits per heavy atom. The second-order valence-electron chi connectivity index (χ2n) is 20.3. The molecule has 0 amide bonds. The molecule has 16 nitrogen and oxygen atoms in total. The van der Waals surface area contributed by atoms with E-state index in [2.05, 4.69) is 33.8 Å². The molecule has 2 heterocycles. The summed E-state index contributed by atoms with van der Waals surface area (Å²) in [5, 5.41) is 44.0. The summed E-state index contributed by atoms with van der Waals surface area (Å²) in [6.07, 6.45) is -3.14. The molecule has 0 bridgehead atoms. The topological polar surface area (TPSA) is 215 Å². The van der Waals surface area contributed by atoms with Crippen LogP contribution in [0.1, 0.15) is 110 Å². The van der Waals surface area contributed by atoms with E-state index in [4.69, 9.17) is 42.6 Å². The van der Waals surface area contributed by atoms with E-state index in [1.54, 1.807) is 0 Å². The molecule has 4 N–H and O–H groups in total. The Balaban J connectivity index is 1.17. The number of ether oxygens (including phenoxy) is 9. The summed E-state index contributed by atoms with van der Waals surface area (Å²) < 4.78 is 53.2. The summed E-state index contributed by atoms with van der Waals surface area (Å²) in [7, 11) is 4.19. The van der Waals surface area contributed by atoms with Gasteiger partial charge in [0.15, 0.2) is 36.3 Å². The second-order valence-corrected chi connectivity index (χ2v) is 20.3. The molecule has 4 aliphatic carbocycles. The summed E-state index contributed by atoms with van der Waals surface area (Å²) in [6, 6.07) is 2.73. The van der Waals surface area contributed by atoms with E-state index in [1.807, 2.05) is 6.92 Å². The molecule has 65 heavy (non-hydrogen) atoms. The number of carbonyl (C=O) groups excluding carboxylic acids is 3. The third-order valence-corrected chi connectivity index (χ3v) is 16.1. The molecule has 2 saturated heterocycles. The Kier molecular flexibility index (Phi) is 15.3. The summed E-state index contributed by atoms with van der Waals surface area (Å²) in [6.45, 7) is 11.4. The van der Waals surface area contributed by atoms with Gasteiger partial charge in [-0.25, -0.2) is 4.79 Å². The number of aliphatic hydroxyl groups is 4. The first kappa shape index (κ1) is 49.6. The van der Waals surface area contributed by atoms with E-state index in [0.29, 0.717) is 37.0 Å². The van der Waals surface area contributed by atoms with E-state index in [-0.39, 0.29) is 69.9 Å². The predicted molar refractivity (Wildman–Crippen MR) is 233 cm³/mol. The average Bonchev–Trinajstić information content (AvgIpc) is 3.57. The Morgan fingerprint density at radius 2 is 1.48 bits per heavy atom. The minimum absolute atomic E-state index is 0.00438. The molecule has 6 aliphatic rings. The van der Waals surface area contributed by atoms with Crippen molar-refractivity contribution in [3.63, 3.8) is 0 Å². The highest BCUT2D eigenvalue weighted by atomic mass is 16.7. The third kappa shape index (κ3) is 9.70. The quantitative estimate of drug-likeness (QED) is 0.136. The van der Waals surface area contributed by atoms with Crippen molar-refractivity contribution in [2.45, 2.75) is 161 Å². The molecule has 1 aromatic carbocycles. The fourth-order valence-electron chi connectivity index (χ4n) is 12.6. The number of methoxy groups -OCH3 is 3. The molecule has 7 rings (SSSR count). The summed E-state index contributed by atoms with van der Waals surface area (Å²) >= 11 is 0. The number of hydrogen-bond donors (Lipinski definition) is 4. The van der Waals surface area contributed by atoms with E-state index in [9.17, 15) is 34.8 Å². The lowest BCUT2D eigenvalue weighted by molar-refractivity contribution is -0.340. The zero-order valence-electron chi connectivity index (χ0n) is 39.4. The SMILES string of the molecule is COc1cc(C(=O)O[C@H]2[C@H](O[C@@H]3[C@@H](OC(C)=O)[C@H](O[C@H]4C[C@H]5[C@@H]6CC=C7C[C@@H](O)CC[C@]7(C)[C@H]6CC[C@]5(C)[C@H]4[C@H](C)C(=O)CCC(C)C)OC[C@@H]3O)OC[C@@H](O)[C@@H]2O)cc(OC)c1OC. The first-order valence-electron chi connectivity index (χ1n) is 23.5. The van der Waals surface area contributed by atoms with Crippen LogP contribution in [0.3, 0.4) is 0 Å². The lowest BCUT2D eigenvalue weighted by atomic mass is 9.47. The lowest BCUT2D eigenvalue weighted by Crippen LogP contribution is -2.62. The van der Waals surface area contributed by atoms with Crippen LogP contribution in [0.5, 0.6) is 17.2 Å². The van der Waals surface area contributed by atoms with Gasteiger partial charge in [-0.3, -0.25) is 9.59 Å². The van der Waals surface area contributed by atoms with Gasteiger partial charge in [-0.15, -0.1) is 0 Å². The van der Waals surface area contributed by atoms with Gasteiger partial charge >= 0.3 is 11.9 Å². The van der Waals surface area contributed by atoms with Crippen LogP contribution < -0.4 is 14.2 Å². The number of Topliss-reactive ketones (excluding diaryl/α,β-unsaturated/α-hetero) is 1. The van der Waals surface area contributed by atoms with Crippen molar-refractivity contribution >= 4 is 17.7 Å². The van der Waals surface area contributed by atoms with Gasteiger partial charge in [0.1, 0.15) is 30.2 Å². The van der Waals surface area contributed by atoms with Gasteiger partial charge in [0.05, 0.1) is 52.3 Å². The van der Waals surface area contributed by atoms with Crippen LogP contribution in [0.4, 0.5) is 0 Å². The number of esters is 2. The lowest BCUT2D eigenvalue weighted by Gasteiger charge is -2.58. The molecule has 0 aromatic heterocycles. The zero-order chi connectivity index (χ0) is 47.1. The molecule has 16 heteroatoms. The summed E-state index contributed by atoms with van der Waals surface area (Å²) in [5.74, 6) is -0.132. The Labute approximate surface area is 382 Å². The molecule has 0 spiro atoms. The largest absolute Gasteiger partial charge is 0.493 e. The van der Waals surface area contributed by atoms with Crippen molar-refractivity contribution in [2.75, 3.05) is 34.5 Å². The predicted octanol–water partition coefficient (Wildman–Crippen LogP) is 4.93. The maximum Gasteiger partial charge on any atom is 0.338 e. The number of hydrogen-bond acceptors (Lipinski definition) is 16. The van der Waals surface area contributed by atoms with Gasteiger partial charge in [-0.1, -0.05) is 46.3 Å². The molecule has 17 atom stereocenters. The monoisotopic (exact) mass is 916 g/mol. The van der Waals surface area contributed by atoms with Crippen molar-refractivity contribution in [3.8, 4) is 17.2 Å². The number of carbonyl (C=O) groups is 3. The third-order valence-electron chi connectivity index (χ3n) is 16.1. The van der Waals surface area contributed by atoms with Crippen LogP contribution in [0.25, 0.3) is 0 Å². The fraction of sp³-hybridized carbons (Fsp3) is 0.776. The van der Waals surface area contributed by atoms with Gasteiger partial charge in [-0.2, -0.15) is 0 Å². The summed E-state index contributed by atoms with van der Waals surface area (Å²) in [4.78, 5) is 40.8. The molecule has 2 aliphatic heterocycles. The van der Waals surface area contributed by atoms with Gasteiger partial charge < -0.3 is 63.1 Å². The van der Waals surface area contributed by atoms with Crippen molar-refractivity contribution in [3.05, 3.63) is 29.3 Å². The van der Waals surface area contributed by atoms with Crippen molar-refractivity contribution in [1.82, 2.24) is 0 Å². The number of allylic oxidation sites excluding steroid dienone is 1. The second kappa shape index (κ2) is 20.1. The van der Waals surface area contributed by atoms with Crippen molar-refractivity contribution < 1.29 is 77.4 Å². The molecular formula is C49H72O16. The van der Waals surface area contributed by atoms with E-state index < -0.39 is 73.9 Å². The van der Waals surface area contributed by atoms with Crippen LogP contribution in [0.15, 0.2) is 23.8 Å². The van der Waals surface area contributed by atoms with Crippen molar-refractivity contribution in [2.24, 2.45) is 46.3 Å². The highest BCUT2D eigenvalue weighted by Crippen LogP contribution is 2.68. The maximum absolute atomic E-state index is 14.2. The van der Waals surface area contributed by atoms with Gasteiger partial charge in [0.2, 0.25) is 5.75 Å². The van der Waals surface area contributed by atoms with E-state index >= 15 is 0 Å². The van der Waals surface area contributed by atoms with Crippen LogP contribution in [-0.4, -0.2) is 134 Å². The van der Waals surface area contributed by atoms with Gasteiger partial charge in [0, 0.05) is 25.2 Å². The molecule has 364 valence electrons. The van der Waals surface area contributed by atoms with Crippen LogP contribution >= 0.6 is 0 Å². The normalized spacial score (nSPS) is 39.5. The number of aliphatic hydroxyl groups excluding tert-OH is 4. The summed E-state index contributed by atoms with van der Waals surface area (Å²) in [5.41, 5.74) is 1.06. The van der Waals surface area contributed by atoms with Crippen LogP contribution in [0.2, 0.25) is 0 Å². The number of benzene rings is 1. The molecular weight excluding hydrogens is 845 g/mol. The standard InChI is InChI=1S/C49H72O16/c1-24(2)10-13-33(52)25(3)39-36(21-32-30-12-11-28-20-29(51)14-16-48(28,5)31(30)15-17-49(32,39)6)63-47-44(62-26(4)50)41(35(54)23-61-47)65-46-43(40(55)34(53)22-60-46)64-45(56)27-18-37(57-7)42(59-9)38(19-27)58-8/h11,18-19,24-25,29-32,34-36,39-41,43-44,46-47,51,53-55H,10,12-17,20-23H2,1-9H3/t25-,29+,30-,31+,32+,34-,35+,36+,39+,40+,41+,43-,44-,46+,47+,48+,49+/m1/s1. The number of fused-ring (bicyclic) bond motifs is 5. The van der Waals surface area contributed by atoms with E-state index in [0.717, 1.165) is 38.5 Å². The highest BCUT2D eigenvalue weighted by Gasteiger charge is 2.64. The molecule has 1 aromatic rings. The minimum Gasteiger partial charge on any atom is -0.493 e. The molecule has 0 radical (unpaired) electrons. The first-order chi connectivity index (χ1) is 30.8. The number of rotatable bonds is 15. The molecule has 0 unspecified atom stereocenters. The van der Waals surface area contributed by atoms with Crippen LogP contribution in [-0.2, 0) is 38.0 Å². The Hall–Kier alpha value is -3.35. The molecule has 5 fully saturated rings. The first-order valence-corrected chi connectivity index (χ1v) is 23.5. The average molecular weight is 917 g/mol. The zero-order valence-corrected chi connectivity index (χ0v) is 39.4.